The van der Waals surface area contributed by atoms with Gasteiger partial charge < -0.3 is 4.40 Å². The van der Waals surface area contributed by atoms with Crippen molar-refractivity contribution in [1.29, 1.82) is 0 Å². The molecule has 3 rings (SSSR count). The molecule has 0 amide bonds. The predicted octanol–water partition coefficient (Wildman–Crippen LogP) is 3.62. The number of rotatable bonds is 1. The lowest BCUT2D eigenvalue weighted by molar-refractivity contribution is 1.09. The van der Waals surface area contributed by atoms with Gasteiger partial charge in [0.25, 0.3) is 0 Å². The molecule has 0 spiro atoms. The van der Waals surface area contributed by atoms with E-state index < -0.39 is 0 Å². The Hall–Kier alpha value is -2.09. The minimum absolute atomic E-state index is 1.01. The van der Waals surface area contributed by atoms with Crippen LogP contribution in [-0.2, 0) is 0 Å². The average Bonchev–Trinajstić information content (AvgIpc) is 2.68. The van der Waals surface area contributed by atoms with Crippen LogP contribution in [0.2, 0.25) is 0 Å². The molecular weight excluding hydrogens is 208 g/mol. The van der Waals surface area contributed by atoms with Gasteiger partial charge in [0.2, 0.25) is 0 Å². The molecule has 84 valence electrons. The molecule has 0 saturated heterocycles. The highest BCUT2D eigenvalue weighted by atomic mass is 15.0. The molecule has 0 atom stereocenters. The maximum absolute atomic E-state index is 4.69. The lowest BCUT2D eigenvalue weighted by atomic mass is 10.1. The molecule has 0 radical (unpaired) electrons. The summed E-state index contributed by atoms with van der Waals surface area (Å²) >= 11 is 0. The third-order valence-corrected chi connectivity index (χ3v) is 3.05. The van der Waals surface area contributed by atoms with Crippen molar-refractivity contribution in [3.63, 3.8) is 0 Å². The zero-order valence-corrected chi connectivity index (χ0v) is 10.0. The minimum Gasteiger partial charge on any atom is -0.303 e. The average molecular weight is 222 g/mol. The van der Waals surface area contributed by atoms with Gasteiger partial charge in [-0.25, -0.2) is 4.98 Å². The van der Waals surface area contributed by atoms with Gasteiger partial charge in [0.15, 0.2) is 0 Å². The Morgan fingerprint density at radius 1 is 0.941 bits per heavy atom. The standard InChI is InChI=1S/C15H14N2/c1-11-8-9-14-16-15(12(2)17(14)10-11)13-6-4-3-5-7-13/h3-10H,1-2H3. The summed E-state index contributed by atoms with van der Waals surface area (Å²) in [5, 5.41) is 0. The van der Waals surface area contributed by atoms with Crippen molar-refractivity contribution < 1.29 is 0 Å². The largest absolute Gasteiger partial charge is 0.303 e. The maximum atomic E-state index is 4.69. The highest BCUT2D eigenvalue weighted by Gasteiger charge is 2.09. The monoisotopic (exact) mass is 222 g/mol. The number of aryl methyl sites for hydroxylation is 2. The second-order valence-electron chi connectivity index (χ2n) is 4.35. The van der Waals surface area contributed by atoms with Crippen molar-refractivity contribution in [2.24, 2.45) is 0 Å². The van der Waals surface area contributed by atoms with E-state index >= 15 is 0 Å². The van der Waals surface area contributed by atoms with Gasteiger partial charge in [-0.15, -0.1) is 0 Å². The fourth-order valence-corrected chi connectivity index (χ4v) is 2.14. The van der Waals surface area contributed by atoms with Crippen LogP contribution < -0.4 is 0 Å². The van der Waals surface area contributed by atoms with E-state index in [-0.39, 0.29) is 0 Å². The number of benzene rings is 1. The molecule has 0 aliphatic carbocycles. The fourth-order valence-electron chi connectivity index (χ4n) is 2.14. The Morgan fingerprint density at radius 2 is 1.71 bits per heavy atom. The van der Waals surface area contributed by atoms with Gasteiger partial charge in [0.05, 0.1) is 5.69 Å². The maximum Gasteiger partial charge on any atom is 0.137 e. The summed E-state index contributed by atoms with van der Waals surface area (Å²) in [7, 11) is 0. The summed E-state index contributed by atoms with van der Waals surface area (Å²) in [4.78, 5) is 4.69. The third kappa shape index (κ3) is 1.62. The zero-order chi connectivity index (χ0) is 11.8. The van der Waals surface area contributed by atoms with Gasteiger partial charge in [-0.1, -0.05) is 36.4 Å². The van der Waals surface area contributed by atoms with Gasteiger partial charge in [-0.2, -0.15) is 0 Å². The number of imidazole rings is 1. The highest BCUT2D eigenvalue weighted by molar-refractivity contribution is 5.66. The summed E-state index contributed by atoms with van der Waals surface area (Å²) < 4.78 is 2.15. The van der Waals surface area contributed by atoms with Gasteiger partial charge in [0.1, 0.15) is 5.65 Å². The first-order valence-corrected chi connectivity index (χ1v) is 5.76. The van der Waals surface area contributed by atoms with Crippen LogP contribution in [0.25, 0.3) is 16.9 Å². The van der Waals surface area contributed by atoms with E-state index in [0.717, 1.165) is 11.3 Å². The minimum atomic E-state index is 1.01. The zero-order valence-electron chi connectivity index (χ0n) is 10.0. The van der Waals surface area contributed by atoms with Crippen LogP contribution in [0.3, 0.4) is 0 Å². The van der Waals surface area contributed by atoms with Crippen LogP contribution in [0.4, 0.5) is 0 Å². The molecule has 3 aromatic rings. The van der Waals surface area contributed by atoms with Gasteiger partial charge >= 0.3 is 0 Å². The smallest absolute Gasteiger partial charge is 0.137 e. The number of fused-ring (bicyclic) bond motifs is 1. The molecule has 17 heavy (non-hydrogen) atoms. The SMILES string of the molecule is Cc1ccc2nc(-c3ccccc3)c(C)n2c1. The molecule has 0 aliphatic rings. The molecule has 0 N–H and O–H groups in total. The first-order valence-electron chi connectivity index (χ1n) is 5.76. The molecule has 0 saturated carbocycles. The van der Waals surface area contributed by atoms with Crippen LogP contribution in [-0.4, -0.2) is 9.38 Å². The van der Waals surface area contributed by atoms with Crippen molar-refractivity contribution in [2.45, 2.75) is 13.8 Å². The second-order valence-corrected chi connectivity index (χ2v) is 4.35. The lowest BCUT2D eigenvalue weighted by Crippen LogP contribution is -1.88. The molecule has 1 aromatic carbocycles. The van der Waals surface area contributed by atoms with Crippen LogP contribution in [0.5, 0.6) is 0 Å². The van der Waals surface area contributed by atoms with Gasteiger partial charge in [-0.3, -0.25) is 0 Å². The third-order valence-electron chi connectivity index (χ3n) is 3.05. The number of pyridine rings is 1. The van der Waals surface area contributed by atoms with Crippen LogP contribution in [0.15, 0.2) is 48.7 Å². The fraction of sp³-hybridized carbons (Fsp3) is 0.133. The van der Waals surface area contributed by atoms with E-state index in [4.69, 9.17) is 0 Å². The molecule has 2 nitrogen and oxygen atoms in total. The Morgan fingerprint density at radius 3 is 2.47 bits per heavy atom. The molecule has 2 heterocycles. The summed E-state index contributed by atoms with van der Waals surface area (Å²) in [6.07, 6.45) is 2.13. The summed E-state index contributed by atoms with van der Waals surface area (Å²) in [5.41, 5.74) is 5.68. The molecular formula is C15H14N2. The van der Waals surface area contributed by atoms with Crippen molar-refractivity contribution in [1.82, 2.24) is 9.38 Å². The van der Waals surface area contributed by atoms with E-state index in [1.54, 1.807) is 0 Å². The molecule has 2 heteroatoms. The molecule has 0 aliphatic heterocycles. The molecule has 0 bridgehead atoms. The number of nitrogens with zero attached hydrogens (tertiary/aromatic N) is 2. The quantitative estimate of drug-likeness (QED) is 0.614. The first-order chi connectivity index (χ1) is 8.25. The lowest BCUT2D eigenvalue weighted by Gasteiger charge is -1.99. The predicted molar refractivity (Wildman–Crippen MR) is 70.1 cm³/mol. The summed E-state index contributed by atoms with van der Waals surface area (Å²) in [5.74, 6) is 0. The van der Waals surface area contributed by atoms with E-state index in [0.29, 0.717) is 0 Å². The van der Waals surface area contributed by atoms with E-state index in [1.807, 2.05) is 18.2 Å². The number of hydrogen-bond donors (Lipinski definition) is 0. The Bertz CT molecular complexity index is 666. The van der Waals surface area contributed by atoms with Crippen molar-refractivity contribution >= 4 is 5.65 Å². The topological polar surface area (TPSA) is 17.3 Å². The van der Waals surface area contributed by atoms with Gasteiger partial charge in [0, 0.05) is 17.5 Å². The van der Waals surface area contributed by atoms with Crippen molar-refractivity contribution in [2.75, 3.05) is 0 Å². The molecule has 2 aromatic heterocycles. The van der Waals surface area contributed by atoms with Crippen molar-refractivity contribution in [3.8, 4) is 11.3 Å². The highest BCUT2D eigenvalue weighted by Crippen LogP contribution is 2.23. The van der Waals surface area contributed by atoms with Crippen LogP contribution in [0.1, 0.15) is 11.3 Å². The number of hydrogen-bond acceptors (Lipinski definition) is 1. The van der Waals surface area contributed by atoms with E-state index in [1.165, 1.54) is 16.8 Å². The summed E-state index contributed by atoms with van der Waals surface area (Å²) in [6.45, 7) is 4.21. The van der Waals surface area contributed by atoms with Crippen LogP contribution >= 0.6 is 0 Å². The van der Waals surface area contributed by atoms with E-state index in [9.17, 15) is 0 Å². The van der Waals surface area contributed by atoms with Gasteiger partial charge in [-0.05, 0) is 25.5 Å². The Kier molecular flexibility index (Phi) is 2.22. The Labute approximate surface area is 101 Å². The van der Waals surface area contributed by atoms with E-state index in [2.05, 4.69) is 53.7 Å². The molecule has 0 fully saturated rings. The second kappa shape index (κ2) is 3.74. The first kappa shape index (κ1) is 10.1. The molecule has 0 unspecified atom stereocenters. The van der Waals surface area contributed by atoms with Crippen LogP contribution in [0, 0.1) is 13.8 Å². The Balaban J connectivity index is 2.28. The summed E-state index contributed by atoms with van der Waals surface area (Å²) in [6, 6.07) is 14.5. The van der Waals surface area contributed by atoms with Crippen molar-refractivity contribution in [3.05, 3.63) is 59.9 Å². The number of aromatic nitrogens is 2. The normalized spacial score (nSPS) is 10.9.